The van der Waals surface area contributed by atoms with E-state index >= 15 is 0 Å². The molecule has 324 valence electrons. The number of aliphatic hydroxyl groups excluding tert-OH is 2. The topological polar surface area (TPSA) is 212 Å². The van der Waals surface area contributed by atoms with Crippen molar-refractivity contribution >= 4 is 35.1 Å². The second-order valence-electron chi connectivity index (χ2n) is 14.3. The van der Waals surface area contributed by atoms with Gasteiger partial charge < -0.3 is 34.8 Å². The molecule has 16 heteroatoms. The minimum Gasteiger partial charge on any atom is -0.488 e. The fourth-order valence-corrected chi connectivity index (χ4v) is 6.87. The summed E-state index contributed by atoms with van der Waals surface area (Å²) in [6, 6.07) is 22.0. The van der Waals surface area contributed by atoms with Gasteiger partial charge in [-0.15, -0.1) is 0 Å². The number of aromatic nitrogens is 1. The molecule has 5 rings (SSSR count). The Morgan fingerprint density at radius 3 is 2.31 bits per heavy atom. The number of halogens is 1. The minimum absolute atomic E-state index is 0.0500. The van der Waals surface area contributed by atoms with Crippen LogP contribution in [0.25, 0.3) is 27.1 Å². The SMILES string of the molecule is O=C=O.[C-]#[N+]c1cncc(COc2cc(OCc3cccc(-c4cccc(-c5ccc(OCCNC[C@@H](O)CC(=O)O)c([N+](=O)[O-])c5)c4C)c3C)c(Cl)cc2CCC[C@H](C)O)c1. The Labute approximate surface area is 363 Å². The van der Waals surface area contributed by atoms with E-state index in [4.69, 9.17) is 47.1 Å². The van der Waals surface area contributed by atoms with Gasteiger partial charge in [-0.1, -0.05) is 54.1 Å². The molecule has 0 spiro atoms. The average molecular weight is 867 g/mol. The quantitative estimate of drug-likeness (QED) is 0.0237. The van der Waals surface area contributed by atoms with Gasteiger partial charge in [0.1, 0.15) is 31.3 Å². The Hall–Kier alpha value is -6.66. The molecule has 0 fully saturated rings. The number of carboxylic acid groups (broad SMARTS) is 1. The molecule has 4 N–H and O–H groups in total. The molecule has 0 aliphatic heterocycles. The third-order valence-corrected chi connectivity index (χ3v) is 10.0. The van der Waals surface area contributed by atoms with Crippen LogP contribution in [0.4, 0.5) is 11.4 Å². The molecule has 0 saturated heterocycles. The van der Waals surface area contributed by atoms with E-state index in [0.29, 0.717) is 40.6 Å². The fraction of sp³-hybridized carbons (Fsp3) is 0.304. The minimum atomic E-state index is -1.11. The van der Waals surface area contributed by atoms with E-state index in [1.807, 2.05) is 56.3 Å². The van der Waals surface area contributed by atoms with Gasteiger partial charge in [0.2, 0.25) is 5.69 Å². The van der Waals surface area contributed by atoms with Crippen LogP contribution >= 0.6 is 11.6 Å². The molecule has 0 aliphatic rings. The number of nitro groups is 1. The summed E-state index contributed by atoms with van der Waals surface area (Å²) in [6.45, 7) is 13.8. The normalized spacial score (nSPS) is 11.6. The van der Waals surface area contributed by atoms with Crippen LogP contribution in [0.5, 0.6) is 17.2 Å². The number of ether oxygens (including phenoxy) is 3. The number of pyridine rings is 1. The molecule has 5 aromatic rings. The molecule has 1 aromatic heterocycles. The molecule has 0 saturated carbocycles. The molecule has 2 atom stereocenters. The van der Waals surface area contributed by atoms with Crippen LogP contribution in [-0.4, -0.2) is 69.3 Å². The molecule has 4 aromatic carbocycles. The van der Waals surface area contributed by atoms with Gasteiger partial charge in [-0.25, -0.2) is 4.85 Å². The Kier molecular flexibility index (Phi) is 18.5. The van der Waals surface area contributed by atoms with Crippen molar-refractivity contribution in [3.8, 4) is 39.5 Å². The first-order valence-electron chi connectivity index (χ1n) is 19.5. The number of carbonyl (C=O) groups excluding carboxylic acids is 2. The number of nitrogens with zero attached hydrogens (tertiary/aromatic N) is 3. The molecular formula is C46H47ClN4O11. The zero-order valence-electron chi connectivity index (χ0n) is 34.4. The standard InChI is InChI=1S/C45H47ClN4O9.CO2/c1-28(51)8-5-9-33-19-40(46)44(22-43(33)58-26-31-18-35(47-4)24-49-23-31)59-27-34-10-6-12-38(29(34)2)39-13-7-11-37(30(39)3)32-14-15-42(41(20-32)50(55)56)57-17-16-48-25-36(52)21-45(53)54;2-1-3/h6-7,10-15,18-20,22-24,28,36,48,51-52H,5,8-9,16-17,21,25-27H2,1-3H3,(H,53,54);/t28-,36-;/m0./s1. The number of rotatable bonds is 21. The molecule has 0 amide bonds. The lowest BCUT2D eigenvalue weighted by Crippen LogP contribution is -2.31. The average Bonchev–Trinajstić information content (AvgIpc) is 3.23. The van der Waals surface area contributed by atoms with Crippen LogP contribution < -0.4 is 19.5 Å². The predicted molar refractivity (Wildman–Crippen MR) is 230 cm³/mol. The lowest BCUT2D eigenvalue weighted by molar-refractivity contribution is -0.385. The largest absolute Gasteiger partial charge is 0.488 e. The highest BCUT2D eigenvalue weighted by Crippen LogP contribution is 2.39. The van der Waals surface area contributed by atoms with Crippen molar-refractivity contribution in [1.29, 1.82) is 0 Å². The van der Waals surface area contributed by atoms with Crippen molar-refractivity contribution in [2.75, 3.05) is 19.7 Å². The van der Waals surface area contributed by atoms with E-state index in [9.17, 15) is 25.1 Å². The smallest absolute Gasteiger partial charge is 0.373 e. The van der Waals surface area contributed by atoms with E-state index in [0.717, 1.165) is 50.9 Å². The highest BCUT2D eigenvalue weighted by molar-refractivity contribution is 6.32. The number of carboxylic acids is 1. The molecule has 15 nitrogen and oxygen atoms in total. The summed E-state index contributed by atoms with van der Waals surface area (Å²) in [6.07, 6.45) is 3.52. The van der Waals surface area contributed by atoms with E-state index in [-0.39, 0.29) is 56.9 Å². The van der Waals surface area contributed by atoms with Crippen molar-refractivity contribution in [2.45, 2.75) is 71.9 Å². The van der Waals surface area contributed by atoms with Crippen molar-refractivity contribution in [3.05, 3.63) is 140 Å². The molecule has 0 bridgehead atoms. The highest BCUT2D eigenvalue weighted by atomic mass is 35.5. The highest BCUT2D eigenvalue weighted by Gasteiger charge is 2.20. The fourth-order valence-electron chi connectivity index (χ4n) is 6.63. The number of aliphatic hydroxyl groups is 2. The van der Waals surface area contributed by atoms with Gasteiger partial charge in [0, 0.05) is 37.6 Å². The third-order valence-electron chi connectivity index (χ3n) is 9.73. The first-order chi connectivity index (χ1) is 29.8. The van der Waals surface area contributed by atoms with Gasteiger partial charge in [-0.3, -0.25) is 19.9 Å². The predicted octanol–water partition coefficient (Wildman–Crippen LogP) is 8.23. The molecule has 62 heavy (non-hydrogen) atoms. The molecule has 0 aliphatic carbocycles. The zero-order valence-corrected chi connectivity index (χ0v) is 35.2. The summed E-state index contributed by atoms with van der Waals surface area (Å²) < 4.78 is 18.3. The second kappa shape index (κ2) is 24.0. The summed E-state index contributed by atoms with van der Waals surface area (Å²) in [7, 11) is 0. The molecular weight excluding hydrogens is 820 g/mol. The number of aryl methyl sites for hydroxylation is 1. The lowest BCUT2D eigenvalue weighted by Gasteiger charge is -2.18. The maximum absolute atomic E-state index is 12.1. The number of aliphatic carboxylic acids is 1. The van der Waals surface area contributed by atoms with E-state index < -0.39 is 23.1 Å². The Morgan fingerprint density at radius 1 is 0.919 bits per heavy atom. The van der Waals surface area contributed by atoms with Gasteiger partial charge in [0.15, 0.2) is 5.75 Å². The Morgan fingerprint density at radius 2 is 1.61 bits per heavy atom. The van der Waals surface area contributed by atoms with Gasteiger partial charge in [0.05, 0.1) is 35.1 Å². The molecule has 0 unspecified atom stereocenters. The lowest BCUT2D eigenvalue weighted by atomic mass is 9.89. The summed E-state index contributed by atoms with van der Waals surface area (Å²) in [5.41, 5.74) is 8.07. The van der Waals surface area contributed by atoms with Gasteiger partial charge in [-0.2, -0.15) is 9.59 Å². The number of nitrogens with one attached hydrogen (secondary N) is 1. The van der Waals surface area contributed by atoms with Crippen LogP contribution in [0.15, 0.2) is 85.2 Å². The first kappa shape index (κ1) is 48.0. The maximum atomic E-state index is 12.1. The Balaban J connectivity index is 0.00000273. The summed E-state index contributed by atoms with van der Waals surface area (Å²) in [5, 5.41) is 43.7. The van der Waals surface area contributed by atoms with Crippen LogP contribution in [0.1, 0.15) is 54.0 Å². The van der Waals surface area contributed by atoms with E-state index in [1.54, 1.807) is 37.4 Å². The van der Waals surface area contributed by atoms with E-state index in [2.05, 4.69) is 15.1 Å². The summed E-state index contributed by atoms with van der Waals surface area (Å²) in [5.74, 6) is 0.0159. The number of hydrogen-bond donors (Lipinski definition) is 4. The van der Waals surface area contributed by atoms with Crippen molar-refractivity contribution in [1.82, 2.24) is 10.3 Å². The zero-order chi connectivity index (χ0) is 45.2. The van der Waals surface area contributed by atoms with Crippen LogP contribution in [0.2, 0.25) is 5.02 Å². The number of nitro benzene ring substituents is 1. The van der Waals surface area contributed by atoms with Gasteiger partial charge in [-0.05, 0) is 108 Å². The summed E-state index contributed by atoms with van der Waals surface area (Å²) in [4.78, 5) is 46.2. The summed E-state index contributed by atoms with van der Waals surface area (Å²) >= 11 is 6.78. The first-order valence-corrected chi connectivity index (χ1v) is 19.9. The number of benzene rings is 4. The van der Waals surface area contributed by atoms with Crippen LogP contribution in [0.3, 0.4) is 0 Å². The second-order valence-corrected chi connectivity index (χ2v) is 14.7. The Bertz CT molecular complexity index is 2410. The number of hydrogen-bond acceptors (Lipinski definition) is 12. The third kappa shape index (κ3) is 14.0. The molecule has 0 radical (unpaired) electrons. The van der Waals surface area contributed by atoms with Crippen molar-refractivity contribution < 1.29 is 48.8 Å². The maximum Gasteiger partial charge on any atom is 0.373 e. The van der Waals surface area contributed by atoms with Crippen molar-refractivity contribution in [3.63, 3.8) is 0 Å². The van der Waals surface area contributed by atoms with Crippen LogP contribution in [-0.2, 0) is 34.0 Å². The van der Waals surface area contributed by atoms with E-state index in [1.165, 1.54) is 12.3 Å². The van der Waals surface area contributed by atoms with Crippen LogP contribution in [0, 0.1) is 30.5 Å². The monoisotopic (exact) mass is 866 g/mol. The van der Waals surface area contributed by atoms with Crippen molar-refractivity contribution in [2.24, 2.45) is 0 Å². The molecule has 1 heterocycles. The van der Waals surface area contributed by atoms with Gasteiger partial charge >= 0.3 is 17.8 Å². The van der Waals surface area contributed by atoms with Gasteiger partial charge in [0.25, 0.3) is 0 Å². The number of carbonyl (C=O) groups is 1.